The fourth-order valence-electron chi connectivity index (χ4n) is 2.84. The lowest BCUT2D eigenvalue weighted by molar-refractivity contribution is 0.475. The van der Waals surface area contributed by atoms with Crippen molar-refractivity contribution >= 4 is 17.3 Å². The standard InChI is InChI=1S/C19H17N5O/c1-11-2-4-12(5-3-11)16-17(25)19(23-10-22-16)24-14-6-7-15-13(8-14)9-21-18(15)20/h2-8,10,25H,9H2,1H3,(H2,20,21)(H,22,23,24). The number of hydrogen-bond donors (Lipinski definition) is 3. The molecule has 0 aliphatic carbocycles. The molecule has 1 aliphatic rings. The second-order valence-corrected chi connectivity index (χ2v) is 5.98. The van der Waals surface area contributed by atoms with Crippen molar-refractivity contribution in [3.05, 3.63) is 65.5 Å². The normalized spacial score (nSPS) is 12.6. The highest BCUT2D eigenvalue weighted by Gasteiger charge is 2.15. The van der Waals surface area contributed by atoms with E-state index < -0.39 is 0 Å². The lowest BCUT2D eigenvalue weighted by Crippen LogP contribution is -2.10. The maximum atomic E-state index is 10.6. The number of rotatable bonds is 3. The molecule has 3 aromatic rings. The number of nitrogens with one attached hydrogen (secondary N) is 1. The van der Waals surface area contributed by atoms with Gasteiger partial charge >= 0.3 is 0 Å². The number of aliphatic imine (C=N–C) groups is 1. The molecule has 4 N–H and O–H groups in total. The number of amidine groups is 1. The van der Waals surface area contributed by atoms with Crippen LogP contribution in [0.25, 0.3) is 11.3 Å². The van der Waals surface area contributed by atoms with Gasteiger partial charge in [-0.05, 0) is 30.7 Å². The monoisotopic (exact) mass is 331 g/mol. The van der Waals surface area contributed by atoms with E-state index in [1.807, 2.05) is 49.4 Å². The zero-order valence-electron chi connectivity index (χ0n) is 13.7. The molecule has 0 radical (unpaired) electrons. The lowest BCUT2D eigenvalue weighted by atomic mass is 10.1. The van der Waals surface area contributed by atoms with Gasteiger partial charge in [0.15, 0.2) is 11.6 Å². The molecular weight excluding hydrogens is 314 g/mol. The Kier molecular flexibility index (Phi) is 3.57. The fraction of sp³-hybridized carbons (Fsp3) is 0.105. The zero-order valence-corrected chi connectivity index (χ0v) is 13.7. The van der Waals surface area contributed by atoms with Gasteiger partial charge in [0.1, 0.15) is 17.9 Å². The predicted molar refractivity (Wildman–Crippen MR) is 98.0 cm³/mol. The molecule has 0 spiro atoms. The second kappa shape index (κ2) is 5.90. The molecule has 2 heterocycles. The summed E-state index contributed by atoms with van der Waals surface area (Å²) in [7, 11) is 0. The Morgan fingerprint density at radius 3 is 2.68 bits per heavy atom. The highest BCUT2D eigenvalue weighted by molar-refractivity contribution is 6.01. The topological polar surface area (TPSA) is 96.4 Å². The number of fused-ring (bicyclic) bond motifs is 1. The first-order chi connectivity index (χ1) is 12.1. The van der Waals surface area contributed by atoms with Gasteiger partial charge in [-0.2, -0.15) is 0 Å². The van der Waals surface area contributed by atoms with Gasteiger partial charge in [-0.15, -0.1) is 0 Å². The van der Waals surface area contributed by atoms with Crippen molar-refractivity contribution in [3.8, 4) is 17.0 Å². The van der Waals surface area contributed by atoms with Crippen LogP contribution in [-0.2, 0) is 6.54 Å². The first kappa shape index (κ1) is 15.1. The van der Waals surface area contributed by atoms with E-state index in [4.69, 9.17) is 5.73 Å². The molecule has 124 valence electrons. The van der Waals surface area contributed by atoms with E-state index in [0.717, 1.165) is 27.9 Å². The number of nitrogens with two attached hydrogens (primary N) is 1. The minimum atomic E-state index is 0.0163. The third-order valence-electron chi connectivity index (χ3n) is 4.21. The lowest BCUT2D eigenvalue weighted by Gasteiger charge is -2.11. The average molecular weight is 331 g/mol. The Morgan fingerprint density at radius 2 is 1.88 bits per heavy atom. The highest BCUT2D eigenvalue weighted by atomic mass is 16.3. The van der Waals surface area contributed by atoms with Crippen LogP contribution in [-0.4, -0.2) is 20.9 Å². The first-order valence-corrected chi connectivity index (χ1v) is 7.93. The van der Waals surface area contributed by atoms with Crippen LogP contribution in [0.5, 0.6) is 5.75 Å². The van der Waals surface area contributed by atoms with Gasteiger partial charge in [-0.25, -0.2) is 9.97 Å². The number of benzene rings is 2. The number of nitrogens with zero attached hydrogens (tertiary/aromatic N) is 3. The summed E-state index contributed by atoms with van der Waals surface area (Å²) < 4.78 is 0. The van der Waals surface area contributed by atoms with Crippen LogP contribution in [0.15, 0.2) is 53.8 Å². The zero-order chi connectivity index (χ0) is 17.4. The molecule has 25 heavy (non-hydrogen) atoms. The van der Waals surface area contributed by atoms with E-state index in [1.54, 1.807) is 0 Å². The van der Waals surface area contributed by atoms with Crippen LogP contribution in [0.2, 0.25) is 0 Å². The van der Waals surface area contributed by atoms with Crippen LogP contribution < -0.4 is 11.1 Å². The van der Waals surface area contributed by atoms with Crippen LogP contribution in [0.3, 0.4) is 0 Å². The molecule has 1 aliphatic heterocycles. The largest absolute Gasteiger partial charge is 0.503 e. The van der Waals surface area contributed by atoms with Crippen molar-refractivity contribution in [2.45, 2.75) is 13.5 Å². The number of aryl methyl sites for hydroxylation is 1. The molecule has 2 aromatic carbocycles. The molecule has 0 atom stereocenters. The maximum Gasteiger partial charge on any atom is 0.185 e. The smallest absolute Gasteiger partial charge is 0.185 e. The summed E-state index contributed by atoms with van der Waals surface area (Å²) in [5.41, 5.74) is 11.1. The van der Waals surface area contributed by atoms with Crippen molar-refractivity contribution in [2.24, 2.45) is 10.7 Å². The van der Waals surface area contributed by atoms with Crippen LogP contribution in [0, 0.1) is 6.92 Å². The number of anilines is 2. The Bertz CT molecular complexity index is 980. The van der Waals surface area contributed by atoms with Gasteiger partial charge in [0.25, 0.3) is 0 Å². The molecular formula is C19H17N5O. The molecule has 1 aromatic heterocycles. The maximum absolute atomic E-state index is 10.6. The van der Waals surface area contributed by atoms with Gasteiger partial charge in [-0.3, -0.25) is 4.99 Å². The summed E-state index contributed by atoms with van der Waals surface area (Å²) >= 11 is 0. The Hall–Kier alpha value is -3.41. The second-order valence-electron chi connectivity index (χ2n) is 5.98. The molecule has 6 heteroatoms. The average Bonchev–Trinajstić information content (AvgIpc) is 2.98. The molecule has 0 fully saturated rings. The third kappa shape index (κ3) is 2.78. The summed E-state index contributed by atoms with van der Waals surface area (Å²) in [6, 6.07) is 13.6. The van der Waals surface area contributed by atoms with E-state index in [2.05, 4.69) is 20.3 Å². The predicted octanol–water partition coefficient (Wildman–Crippen LogP) is 3.12. The van der Waals surface area contributed by atoms with Crippen molar-refractivity contribution < 1.29 is 5.11 Å². The number of aromatic nitrogens is 2. The fourth-order valence-corrected chi connectivity index (χ4v) is 2.84. The van der Waals surface area contributed by atoms with Crippen LogP contribution in [0.4, 0.5) is 11.5 Å². The van der Waals surface area contributed by atoms with Crippen LogP contribution in [0.1, 0.15) is 16.7 Å². The van der Waals surface area contributed by atoms with E-state index in [-0.39, 0.29) is 5.75 Å². The molecule has 4 rings (SSSR count). The molecule has 0 unspecified atom stereocenters. The van der Waals surface area contributed by atoms with Gasteiger partial charge < -0.3 is 16.2 Å². The van der Waals surface area contributed by atoms with Gasteiger partial charge in [0, 0.05) is 16.8 Å². The first-order valence-electron chi connectivity index (χ1n) is 7.93. The molecule has 0 amide bonds. The highest BCUT2D eigenvalue weighted by Crippen LogP contribution is 2.34. The minimum absolute atomic E-state index is 0.0163. The van der Waals surface area contributed by atoms with Gasteiger partial charge in [0.05, 0.1) is 6.54 Å². The van der Waals surface area contributed by atoms with Gasteiger partial charge in [0.2, 0.25) is 0 Å². The molecule has 0 saturated heterocycles. The van der Waals surface area contributed by atoms with E-state index >= 15 is 0 Å². The Morgan fingerprint density at radius 1 is 1.08 bits per heavy atom. The quantitative estimate of drug-likeness (QED) is 0.685. The minimum Gasteiger partial charge on any atom is -0.503 e. The Labute approximate surface area is 145 Å². The van der Waals surface area contributed by atoms with Crippen molar-refractivity contribution in [2.75, 3.05) is 5.32 Å². The summed E-state index contributed by atoms with van der Waals surface area (Å²) in [6.45, 7) is 2.59. The van der Waals surface area contributed by atoms with E-state index in [1.165, 1.54) is 6.33 Å². The summed E-state index contributed by atoms with van der Waals surface area (Å²) in [4.78, 5) is 12.6. The third-order valence-corrected chi connectivity index (χ3v) is 4.21. The van der Waals surface area contributed by atoms with Crippen LogP contribution >= 0.6 is 0 Å². The summed E-state index contributed by atoms with van der Waals surface area (Å²) in [5.74, 6) is 0.938. The van der Waals surface area contributed by atoms with Crippen molar-refractivity contribution in [1.82, 2.24) is 9.97 Å². The summed E-state index contributed by atoms with van der Waals surface area (Å²) in [5, 5.41) is 13.7. The van der Waals surface area contributed by atoms with E-state index in [9.17, 15) is 5.11 Å². The van der Waals surface area contributed by atoms with E-state index in [0.29, 0.717) is 23.9 Å². The molecule has 0 saturated carbocycles. The van der Waals surface area contributed by atoms with Crippen molar-refractivity contribution in [1.29, 1.82) is 0 Å². The Balaban J connectivity index is 1.66. The molecule has 0 bridgehead atoms. The SMILES string of the molecule is Cc1ccc(-c2ncnc(Nc3ccc4c(c3)CN=C4N)c2O)cc1. The number of aromatic hydroxyl groups is 1. The van der Waals surface area contributed by atoms with Crippen molar-refractivity contribution in [3.63, 3.8) is 0 Å². The number of hydrogen-bond acceptors (Lipinski definition) is 6. The van der Waals surface area contributed by atoms with Gasteiger partial charge in [-0.1, -0.05) is 29.8 Å². The molecule has 6 nitrogen and oxygen atoms in total. The summed E-state index contributed by atoms with van der Waals surface area (Å²) in [6.07, 6.45) is 1.44.